The number of fused-ring (bicyclic) bond motifs is 1. The van der Waals surface area contributed by atoms with Crippen LogP contribution in [0.2, 0.25) is 10.2 Å². The van der Waals surface area contributed by atoms with E-state index in [0.29, 0.717) is 17.4 Å². The molecule has 20 heavy (non-hydrogen) atoms. The van der Waals surface area contributed by atoms with Crippen molar-refractivity contribution in [2.24, 2.45) is 0 Å². The van der Waals surface area contributed by atoms with E-state index in [1.165, 1.54) is 17.4 Å². The van der Waals surface area contributed by atoms with E-state index in [-0.39, 0.29) is 34.0 Å². The van der Waals surface area contributed by atoms with Gasteiger partial charge in [-0.2, -0.15) is 0 Å². The fourth-order valence-corrected chi connectivity index (χ4v) is 2.42. The van der Waals surface area contributed by atoms with E-state index in [2.05, 4.69) is 15.4 Å². The molecule has 2 heterocycles. The highest BCUT2D eigenvalue weighted by Gasteiger charge is 2.26. The first-order valence-electron chi connectivity index (χ1n) is 5.77. The molecule has 0 spiro atoms. The van der Waals surface area contributed by atoms with Gasteiger partial charge in [0.15, 0.2) is 0 Å². The van der Waals surface area contributed by atoms with E-state index in [0.717, 1.165) is 0 Å². The fourth-order valence-electron chi connectivity index (χ4n) is 1.98. The lowest BCUT2D eigenvalue weighted by atomic mass is 10.1. The SMILES string of the molecule is O=C1CCN(C(=O)c2cc3ncnc(Cl)c3cc2Cl)N1. The van der Waals surface area contributed by atoms with Crippen molar-refractivity contribution >= 4 is 45.9 Å². The Morgan fingerprint density at radius 3 is 2.80 bits per heavy atom. The Kier molecular flexibility index (Phi) is 3.19. The molecular weight excluding hydrogens is 303 g/mol. The molecule has 1 fully saturated rings. The lowest BCUT2D eigenvalue weighted by molar-refractivity contribution is -0.120. The molecule has 0 aliphatic carbocycles. The van der Waals surface area contributed by atoms with Crippen molar-refractivity contribution in [2.75, 3.05) is 6.54 Å². The molecule has 2 aromatic rings. The smallest absolute Gasteiger partial charge is 0.273 e. The standard InChI is InChI=1S/C12H8Cl2N4O2/c13-8-3-7-9(15-5-16-11(7)14)4-6(8)12(20)18-2-1-10(19)17-18/h3-5H,1-2H2,(H,17,19). The molecule has 1 aliphatic heterocycles. The number of nitrogens with zero attached hydrogens (tertiary/aromatic N) is 3. The summed E-state index contributed by atoms with van der Waals surface area (Å²) in [6, 6.07) is 3.09. The molecule has 1 aliphatic rings. The van der Waals surface area contributed by atoms with E-state index in [9.17, 15) is 9.59 Å². The second-order valence-corrected chi connectivity index (χ2v) is 5.02. The molecule has 102 valence electrons. The number of benzene rings is 1. The van der Waals surface area contributed by atoms with E-state index < -0.39 is 0 Å². The summed E-state index contributed by atoms with van der Waals surface area (Å²) >= 11 is 12.1. The van der Waals surface area contributed by atoms with Gasteiger partial charge in [0.1, 0.15) is 11.5 Å². The number of hydrazine groups is 1. The van der Waals surface area contributed by atoms with Gasteiger partial charge in [-0.3, -0.25) is 15.0 Å². The zero-order chi connectivity index (χ0) is 14.3. The van der Waals surface area contributed by atoms with Gasteiger partial charge in [-0.05, 0) is 12.1 Å². The highest BCUT2D eigenvalue weighted by Crippen LogP contribution is 2.27. The molecule has 1 saturated heterocycles. The molecule has 0 unspecified atom stereocenters. The van der Waals surface area contributed by atoms with Crippen LogP contribution in [0, 0.1) is 0 Å². The quantitative estimate of drug-likeness (QED) is 0.815. The molecule has 1 aromatic heterocycles. The zero-order valence-electron chi connectivity index (χ0n) is 10.1. The average molecular weight is 311 g/mol. The van der Waals surface area contributed by atoms with Crippen molar-refractivity contribution in [3.8, 4) is 0 Å². The van der Waals surface area contributed by atoms with Crippen molar-refractivity contribution in [2.45, 2.75) is 6.42 Å². The van der Waals surface area contributed by atoms with Crippen LogP contribution in [0.5, 0.6) is 0 Å². The van der Waals surface area contributed by atoms with Gasteiger partial charge < -0.3 is 0 Å². The van der Waals surface area contributed by atoms with Crippen molar-refractivity contribution in [1.82, 2.24) is 20.4 Å². The molecule has 6 nitrogen and oxygen atoms in total. The van der Waals surface area contributed by atoms with Gasteiger partial charge in [-0.15, -0.1) is 0 Å². The highest BCUT2D eigenvalue weighted by atomic mass is 35.5. The number of nitrogens with one attached hydrogen (secondary N) is 1. The van der Waals surface area contributed by atoms with Gasteiger partial charge in [0.05, 0.1) is 22.6 Å². The summed E-state index contributed by atoms with van der Waals surface area (Å²) in [6.45, 7) is 0.316. The van der Waals surface area contributed by atoms with E-state index in [4.69, 9.17) is 23.2 Å². The summed E-state index contributed by atoms with van der Waals surface area (Å²) in [5.41, 5.74) is 3.24. The van der Waals surface area contributed by atoms with Crippen molar-refractivity contribution < 1.29 is 9.59 Å². The molecule has 0 atom stereocenters. The summed E-state index contributed by atoms with van der Waals surface area (Å²) < 4.78 is 0. The monoisotopic (exact) mass is 310 g/mol. The van der Waals surface area contributed by atoms with Crippen LogP contribution in [0.3, 0.4) is 0 Å². The first-order chi connectivity index (χ1) is 9.56. The van der Waals surface area contributed by atoms with Crippen LogP contribution in [0.15, 0.2) is 18.5 Å². The third-order valence-corrected chi connectivity index (χ3v) is 3.59. The predicted molar refractivity (Wildman–Crippen MR) is 73.4 cm³/mol. The number of hydrogen-bond acceptors (Lipinski definition) is 4. The fraction of sp³-hybridized carbons (Fsp3) is 0.167. The number of carbonyl (C=O) groups excluding carboxylic acids is 2. The Balaban J connectivity index is 2.05. The highest BCUT2D eigenvalue weighted by molar-refractivity contribution is 6.37. The van der Waals surface area contributed by atoms with Crippen LogP contribution in [0.4, 0.5) is 0 Å². The predicted octanol–water partition coefficient (Wildman–Crippen LogP) is 1.81. The van der Waals surface area contributed by atoms with E-state index in [1.54, 1.807) is 6.07 Å². The van der Waals surface area contributed by atoms with E-state index >= 15 is 0 Å². The Bertz CT molecular complexity index is 735. The Morgan fingerprint density at radius 1 is 1.30 bits per heavy atom. The number of carbonyl (C=O) groups is 2. The van der Waals surface area contributed by atoms with Gasteiger partial charge in [-0.25, -0.2) is 15.0 Å². The maximum absolute atomic E-state index is 12.3. The topological polar surface area (TPSA) is 75.2 Å². The second kappa shape index (κ2) is 4.88. The minimum Gasteiger partial charge on any atom is -0.273 e. The molecular formula is C12H8Cl2N4O2. The first-order valence-corrected chi connectivity index (χ1v) is 6.53. The average Bonchev–Trinajstić information content (AvgIpc) is 2.85. The molecule has 3 rings (SSSR count). The van der Waals surface area contributed by atoms with Gasteiger partial charge in [0.25, 0.3) is 5.91 Å². The summed E-state index contributed by atoms with van der Waals surface area (Å²) in [6.07, 6.45) is 1.59. The van der Waals surface area contributed by atoms with Crippen LogP contribution in [-0.2, 0) is 4.79 Å². The molecule has 8 heteroatoms. The molecule has 0 saturated carbocycles. The molecule has 0 radical (unpaired) electrons. The van der Waals surface area contributed by atoms with Crippen LogP contribution in [0.25, 0.3) is 10.9 Å². The van der Waals surface area contributed by atoms with Crippen LogP contribution in [0.1, 0.15) is 16.8 Å². The van der Waals surface area contributed by atoms with Crippen molar-refractivity contribution in [1.29, 1.82) is 0 Å². The Hall–Kier alpha value is -1.92. The normalized spacial score (nSPS) is 14.7. The number of aromatic nitrogens is 2. The van der Waals surface area contributed by atoms with Gasteiger partial charge >= 0.3 is 0 Å². The first kappa shape index (κ1) is 13.1. The minimum atomic E-state index is -0.377. The summed E-state index contributed by atoms with van der Waals surface area (Å²) in [5.74, 6) is -0.571. The second-order valence-electron chi connectivity index (χ2n) is 4.26. The lowest BCUT2D eigenvalue weighted by Crippen LogP contribution is -2.38. The maximum Gasteiger partial charge on any atom is 0.273 e. The van der Waals surface area contributed by atoms with Crippen LogP contribution >= 0.6 is 23.2 Å². The number of hydrogen-bond donors (Lipinski definition) is 1. The third kappa shape index (κ3) is 2.17. The molecule has 1 N–H and O–H groups in total. The van der Waals surface area contributed by atoms with Crippen molar-refractivity contribution in [3.63, 3.8) is 0 Å². The Morgan fingerprint density at radius 2 is 2.10 bits per heavy atom. The molecule has 1 aromatic carbocycles. The van der Waals surface area contributed by atoms with Gasteiger partial charge in [0, 0.05) is 11.8 Å². The van der Waals surface area contributed by atoms with Crippen molar-refractivity contribution in [3.05, 3.63) is 34.2 Å². The zero-order valence-corrected chi connectivity index (χ0v) is 11.6. The van der Waals surface area contributed by atoms with Gasteiger partial charge in [-0.1, -0.05) is 23.2 Å². The maximum atomic E-state index is 12.3. The number of amides is 2. The number of halogens is 2. The summed E-state index contributed by atoms with van der Waals surface area (Å²) in [4.78, 5) is 31.4. The van der Waals surface area contributed by atoms with Crippen LogP contribution in [-0.4, -0.2) is 33.3 Å². The lowest BCUT2D eigenvalue weighted by Gasteiger charge is -2.16. The third-order valence-electron chi connectivity index (χ3n) is 2.97. The summed E-state index contributed by atoms with van der Waals surface area (Å²) in [5, 5.41) is 2.31. The molecule has 0 bridgehead atoms. The largest absolute Gasteiger partial charge is 0.273 e. The van der Waals surface area contributed by atoms with Gasteiger partial charge in [0.2, 0.25) is 5.91 Å². The molecule has 2 amide bonds. The van der Waals surface area contributed by atoms with Crippen LogP contribution < -0.4 is 5.43 Å². The van der Waals surface area contributed by atoms with E-state index in [1.807, 2.05) is 0 Å². The summed E-state index contributed by atoms with van der Waals surface area (Å²) in [7, 11) is 0. The number of rotatable bonds is 1. The Labute approximate surface area is 123 Å². The minimum absolute atomic E-state index is 0.194.